The maximum absolute atomic E-state index is 14.6. The number of halogens is 1. The predicted molar refractivity (Wildman–Crippen MR) is 119 cm³/mol. The van der Waals surface area contributed by atoms with E-state index in [4.69, 9.17) is 10.5 Å². The first-order valence-electron chi connectivity index (χ1n) is 10.5. The summed E-state index contributed by atoms with van der Waals surface area (Å²) in [5.41, 5.74) is 6.97. The van der Waals surface area contributed by atoms with Crippen LogP contribution in [0, 0.1) is 5.82 Å². The molecule has 0 fully saturated rings. The third kappa shape index (κ3) is 2.94. The summed E-state index contributed by atoms with van der Waals surface area (Å²) in [6.07, 6.45) is 1.43. The number of esters is 1. The van der Waals surface area contributed by atoms with Crippen molar-refractivity contribution in [1.29, 1.82) is 0 Å². The topological polar surface area (TPSA) is 125 Å². The molecule has 3 atom stereocenters. The first-order valence-corrected chi connectivity index (χ1v) is 12.1. The molecule has 0 saturated carbocycles. The summed E-state index contributed by atoms with van der Waals surface area (Å²) < 4.78 is 33.2. The van der Waals surface area contributed by atoms with Gasteiger partial charge in [-0.1, -0.05) is 6.92 Å². The molecule has 0 spiro atoms. The van der Waals surface area contributed by atoms with Crippen LogP contribution in [0.15, 0.2) is 27.9 Å². The monoisotopic (exact) mass is 471 g/mol. The Kier molecular flexibility index (Phi) is 4.82. The lowest BCUT2D eigenvalue weighted by Gasteiger charge is -2.31. The third-order valence-electron chi connectivity index (χ3n) is 6.55. The van der Waals surface area contributed by atoms with Gasteiger partial charge in [0, 0.05) is 34.9 Å². The minimum atomic E-state index is -1.93. The Morgan fingerprint density at radius 1 is 1.33 bits per heavy atom. The van der Waals surface area contributed by atoms with Crippen molar-refractivity contribution in [2.75, 3.05) is 6.26 Å². The number of hydrogen-bond acceptors (Lipinski definition) is 7. The van der Waals surface area contributed by atoms with Crippen molar-refractivity contribution < 1.29 is 23.2 Å². The summed E-state index contributed by atoms with van der Waals surface area (Å²) in [6, 6.07) is 3.84. The number of cyclic esters (lactones) is 1. The summed E-state index contributed by atoms with van der Waals surface area (Å²) in [5.74, 6) is -1.44. The molecule has 0 saturated heterocycles. The number of nitrogens with zero attached hydrogens (tertiary/aromatic N) is 2. The van der Waals surface area contributed by atoms with Gasteiger partial charge in [0.15, 0.2) is 5.60 Å². The second-order valence-electron chi connectivity index (χ2n) is 8.50. The zero-order chi connectivity index (χ0) is 23.8. The van der Waals surface area contributed by atoms with Gasteiger partial charge < -0.3 is 20.1 Å². The molecule has 4 heterocycles. The van der Waals surface area contributed by atoms with Crippen LogP contribution in [-0.2, 0) is 39.1 Å². The van der Waals surface area contributed by atoms with Gasteiger partial charge in [0.2, 0.25) is 0 Å². The largest absolute Gasteiger partial charge is 0.458 e. The number of aliphatic hydroxyl groups is 1. The first-order chi connectivity index (χ1) is 15.6. The molecule has 33 heavy (non-hydrogen) atoms. The van der Waals surface area contributed by atoms with Crippen LogP contribution in [0.5, 0.6) is 0 Å². The fourth-order valence-electron chi connectivity index (χ4n) is 4.85. The van der Waals surface area contributed by atoms with E-state index in [9.17, 15) is 23.3 Å². The molecular weight excluding hydrogens is 449 g/mol. The van der Waals surface area contributed by atoms with Crippen molar-refractivity contribution in [3.63, 3.8) is 0 Å². The Balaban J connectivity index is 1.85. The molecule has 172 valence electrons. The number of benzene rings is 1. The lowest BCUT2D eigenvalue weighted by Crippen LogP contribution is -2.44. The smallest absolute Gasteiger partial charge is 0.343 e. The number of rotatable bonds is 3. The van der Waals surface area contributed by atoms with Crippen LogP contribution >= 0.6 is 0 Å². The minimum Gasteiger partial charge on any atom is -0.458 e. The second kappa shape index (κ2) is 7.28. The molecule has 0 bridgehead atoms. The molecule has 2 aliphatic rings. The number of carbonyl (C=O) groups is 1. The molecule has 0 radical (unpaired) electrons. The van der Waals surface area contributed by atoms with Crippen LogP contribution in [0.25, 0.3) is 22.3 Å². The molecule has 2 aliphatic heterocycles. The second-order valence-corrected chi connectivity index (χ2v) is 9.85. The molecule has 0 amide bonds. The molecule has 2 aromatic heterocycles. The van der Waals surface area contributed by atoms with Gasteiger partial charge in [-0.05, 0) is 31.0 Å². The number of fused-ring (bicyclic) bond motifs is 5. The van der Waals surface area contributed by atoms with Crippen LogP contribution < -0.4 is 11.3 Å². The highest BCUT2D eigenvalue weighted by Gasteiger charge is 2.45. The zero-order valence-electron chi connectivity index (χ0n) is 18.3. The van der Waals surface area contributed by atoms with Gasteiger partial charge in [-0.3, -0.25) is 9.00 Å². The maximum atomic E-state index is 14.6. The highest BCUT2D eigenvalue weighted by molar-refractivity contribution is 7.84. The average molecular weight is 472 g/mol. The zero-order valence-corrected chi connectivity index (χ0v) is 19.1. The Labute approximate surface area is 190 Å². The summed E-state index contributed by atoms with van der Waals surface area (Å²) in [7, 11) is -1.55. The van der Waals surface area contributed by atoms with Gasteiger partial charge in [0.05, 0.1) is 44.7 Å². The minimum absolute atomic E-state index is 0.0347. The summed E-state index contributed by atoms with van der Waals surface area (Å²) in [4.78, 5) is 30.4. The van der Waals surface area contributed by atoms with Gasteiger partial charge in [0.1, 0.15) is 12.4 Å². The van der Waals surface area contributed by atoms with Gasteiger partial charge >= 0.3 is 5.97 Å². The van der Waals surface area contributed by atoms with Crippen LogP contribution in [-0.4, -0.2) is 31.1 Å². The van der Waals surface area contributed by atoms with Gasteiger partial charge in [-0.15, -0.1) is 0 Å². The summed E-state index contributed by atoms with van der Waals surface area (Å²) >= 11 is 0. The van der Waals surface area contributed by atoms with E-state index < -0.39 is 34.2 Å². The Bertz CT molecular complexity index is 1470. The van der Waals surface area contributed by atoms with Crippen molar-refractivity contribution in [3.05, 3.63) is 56.6 Å². The molecule has 0 aliphatic carbocycles. The van der Waals surface area contributed by atoms with Crippen molar-refractivity contribution in [2.24, 2.45) is 5.73 Å². The Hall–Kier alpha value is -2.95. The Morgan fingerprint density at radius 2 is 2.06 bits per heavy atom. The summed E-state index contributed by atoms with van der Waals surface area (Å²) in [5, 5.41) is 11.6. The van der Waals surface area contributed by atoms with Crippen LogP contribution in [0.1, 0.15) is 48.6 Å². The number of hydrogen-bond donors (Lipinski definition) is 2. The number of ether oxygens (including phenoxy) is 1. The van der Waals surface area contributed by atoms with Gasteiger partial charge in [-0.25, -0.2) is 14.2 Å². The fraction of sp³-hybridized carbons (Fsp3) is 0.348. The van der Waals surface area contributed by atoms with Gasteiger partial charge in [-0.2, -0.15) is 0 Å². The number of carbonyl (C=O) groups excluding carboxylic acids is 1. The van der Waals surface area contributed by atoms with Crippen LogP contribution in [0.2, 0.25) is 0 Å². The average Bonchev–Trinajstić information content (AvgIpc) is 3.12. The SMILES string of the molecule is CC[C@@]1(O)C(=O)OCc2c1cc1n(c2=O)Cc2c-1nc1cc(F)c([S@@](C)=O)cc1c2[C@H](C)N. The van der Waals surface area contributed by atoms with E-state index in [1.54, 1.807) is 19.9 Å². The van der Waals surface area contributed by atoms with E-state index in [1.165, 1.54) is 23.0 Å². The van der Waals surface area contributed by atoms with E-state index >= 15 is 0 Å². The van der Waals surface area contributed by atoms with E-state index in [0.717, 1.165) is 0 Å². The molecule has 8 nitrogen and oxygen atoms in total. The van der Waals surface area contributed by atoms with E-state index in [2.05, 4.69) is 4.98 Å². The highest BCUT2D eigenvalue weighted by atomic mass is 32.2. The lowest BCUT2D eigenvalue weighted by molar-refractivity contribution is -0.172. The Morgan fingerprint density at radius 3 is 2.70 bits per heavy atom. The molecule has 1 aromatic carbocycles. The normalized spacial score (nSPS) is 20.7. The molecule has 0 unspecified atom stereocenters. The lowest BCUT2D eigenvalue weighted by atomic mass is 9.86. The summed E-state index contributed by atoms with van der Waals surface area (Å²) in [6.45, 7) is 3.36. The molecule has 3 N–H and O–H groups in total. The predicted octanol–water partition coefficient (Wildman–Crippen LogP) is 1.98. The maximum Gasteiger partial charge on any atom is 0.343 e. The van der Waals surface area contributed by atoms with Crippen LogP contribution in [0.4, 0.5) is 4.39 Å². The number of aromatic nitrogens is 2. The van der Waals surface area contributed by atoms with Crippen LogP contribution in [0.3, 0.4) is 0 Å². The van der Waals surface area contributed by atoms with Crippen molar-refractivity contribution in [2.45, 2.75) is 50.0 Å². The molecule has 5 rings (SSSR count). The van der Waals surface area contributed by atoms with Gasteiger partial charge in [0.25, 0.3) is 5.56 Å². The molecule has 3 aromatic rings. The third-order valence-corrected chi connectivity index (χ3v) is 7.48. The molecule has 10 heteroatoms. The van der Waals surface area contributed by atoms with E-state index in [-0.39, 0.29) is 41.2 Å². The van der Waals surface area contributed by atoms with Crippen molar-refractivity contribution in [3.8, 4) is 11.4 Å². The fourth-order valence-corrected chi connectivity index (χ4v) is 5.47. The first kappa shape index (κ1) is 21.9. The quantitative estimate of drug-likeness (QED) is 0.438. The van der Waals surface area contributed by atoms with Crippen molar-refractivity contribution in [1.82, 2.24) is 9.55 Å². The van der Waals surface area contributed by atoms with E-state index in [1.807, 2.05) is 0 Å². The highest BCUT2D eigenvalue weighted by Crippen LogP contribution is 2.41. The standard InChI is InChI=1S/C23H22FN3O5S/c1-4-23(30)14-6-17-20-12(8-27(17)21(28)13(14)9-32-22(23)29)19(10(2)25)11-5-18(33(3)31)15(24)7-16(11)26-20/h5-7,10,30H,4,8-9,25H2,1-3H3/t10-,23-,33+/m0/s1. The number of nitrogens with two attached hydrogens (primary N) is 1. The number of pyridine rings is 2. The molecular formula is C23H22FN3O5S. The van der Waals surface area contributed by atoms with Crippen molar-refractivity contribution >= 4 is 27.7 Å². The van der Waals surface area contributed by atoms with E-state index in [0.29, 0.717) is 33.4 Å².